The summed E-state index contributed by atoms with van der Waals surface area (Å²) in [6.45, 7) is 3.19. The molecule has 0 bridgehead atoms. The van der Waals surface area contributed by atoms with Crippen LogP contribution in [0.4, 0.5) is 14.9 Å². The molecule has 1 aromatic carbocycles. The van der Waals surface area contributed by atoms with Crippen LogP contribution in [0.15, 0.2) is 24.3 Å². The summed E-state index contributed by atoms with van der Waals surface area (Å²) in [7, 11) is 1.56. The number of benzene rings is 1. The molecule has 1 aliphatic rings. The highest BCUT2D eigenvalue weighted by molar-refractivity contribution is 5.96. The molecule has 1 unspecified atom stereocenters. The van der Waals surface area contributed by atoms with Crippen molar-refractivity contribution in [3.8, 4) is 0 Å². The van der Waals surface area contributed by atoms with Crippen LogP contribution < -0.4 is 10.2 Å². The summed E-state index contributed by atoms with van der Waals surface area (Å²) in [5.74, 6) is -0.572. The summed E-state index contributed by atoms with van der Waals surface area (Å²) in [5, 5.41) is 2.76. The van der Waals surface area contributed by atoms with Crippen LogP contribution in [-0.4, -0.2) is 56.2 Å². The molecular formula is C15H20FN3O3. The molecule has 2 rings (SSSR count). The smallest absolute Gasteiger partial charge is 0.325 e. The highest BCUT2D eigenvalue weighted by Gasteiger charge is 2.30. The van der Waals surface area contributed by atoms with E-state index in [1.165, 1.54) is 21.9 Å². The van der Waals surface area contributed by atoms with Gasteiger partial charge in [0, 0.05) is 31.9 Å². The van der Waals surface area contributed by atoms with Crippen molar-refractivity contribution >= 4 is 17.6 Å². The summed E-state index contributed by atoms with van der Waals surface area (Å²) in [4.78, 5) is 27.2. The Labute approximate surface area is 128 Å². The third-order valence-electron chi connectivity index (χ3n) is 3.39. The molecule has 1 fully saturated rings. The molecule has 22 heavy (non-hydrogen) atoms. The Bertz CT molecular complexity index is 535. The maximum Gasteiger partial charge on any atom is 0.325 e. The van der Waals surface area contributed by atoms with Crippen LogP contribution in [0.25, 0.3) is 0 Å². The maximum atomic E-state index is 12.9. The van der Waals surface area contributed by atoms with Crippen molar-refractivity contribution in [2.24, 2.45) is 0 Å². The summed E-state index contributed by atoms with van der Waals surface area (Å²) in [6, 6.07) is 5.37. The lowest BCUT2D eigenvalue weighted by molar-refractivity contribution is -0.122. The highest BCUT2D eigenvalue weighted by atomic mass is 19.1. The number of anilines is 1. The van der Waals surface area contributed by atoms with Gasteiger partial charge in [0.1, 0.15) is 12.4 Å². The van der Waals surface area contributed by atoms with Gasteiger partial charge in [0.2, 0.25) is 5.91 Å². The molecule has 1 aromatic rings. The zero-order valence-corrected chi connectivity index (χ0v) is 12.7. The van der Waals surface area contributed by atoms with Gasteiger partial charge in [0.25, 0.3) is 0 Å². The van der Waals surface area contributed by atoms with Crippen LogP contribution in [0, 0.1) is 5.82 Å². The van der Waals surface area contributed by atoms with Gasteiger partial charge in [-0.15, -0.1) is 0 Å². The van der Waals surface area contributed by atoms with Crippen LogP contribution >= 0.6 is 0 Å². The molecule has 1 saturated heterocycles. The average Bonchev–Trinajstić information content (AvgIpc) is 2.81. The van der Waals surface area contributed by atoms with Gasteiger partial charge in [-0.3, -0.25) is 9.69 Å². The van der Waals surface area contributed by atoms with Gasteiger partial charge >= 0.3 is 6.03 Å². The van der Waals surface area contributed by atoms with Crippen molar-refractivity contribution in [3.63, 3.8) is 0 Å². The Hall–Kier alpha value is -2.15. The lowest BCUT2D eigenvalue weighted by atomic mass is 10.3. The molecule has 120 valence electrons. The van der Waals surface area contributed by atoms with Gasteiger partial charge in [-0.25, -0.2) is 9.18 Å². The van der Waals surface area contributed by atoms with Crippen molar-refractivity contribution in [2.45, 2.75) is 13.0 Å². The zero-order valence-electron chi connectivity index (χ0n) is 12.7. The first-order valence-electron chi connectivity index (χ1n) is 7.11. The summed E-state index contributed by atoms with van der Waals surface area (Å²) >= 11 is 0. The van der Waals surface area contributed by atoms with E-state index in [9.17, 15) is 14.0 Å². The molecule has 1 atom stereocenters. The van der Waals surface area contributed by atoms with E-state index in [4.69, 9.17) is 4.74 Å². The number of nitrogens with one attached hydrogen (secondary N) is 1. The minimum atomic E-state index is -0.348. The summed E-state index contributed by atoms with van der Waals surface area (Å²) in [6.07, 6.45) is 0. The second-order valence-electron chi connectivity index (χ2n) is 5.26. The first kappa shape index (κ1) is 16.2. The molecule has 1 aliphatic heterocycles. The normalized spacial score (nSPS) is 16.0. The van der Waals surface area contributed by atoms with E-state index < -0.39 is 0 Å². The molecule has 7 heteroatoms. The number of methoxy groups -OCH3 is 1. The van der Waals surface area contributed by atoms with Crippen molar-refractivity contribution in [3.05, 3.63) is 30.1 Å². The predicted octanol–water partition coefficient (Wildman–Crippen LogP) is 1.22. The van der Waals surface area contributed by atoms with Crippen molar-refractivity contribution < 1.29 is 18.7 Å². The van der Waals surface area contributed by atoms with E-state index in [-0.39, 0.29) is 30.3 Å². The molecule has 1 heterocycles. The number of carbonyl (C=O) groups is 2. The SMILES string of the molecule is COCC(C)NC(=O)CN1CCN(c2ccc(F)cc2)C1=O. The van der Waals surface area contributed by atoms with Crippen LogP contribution in [0.3, 0.4) is 0 Å². The number of urea groups is 1. The van der Waals surface area contributed by atoms with Gasteiger partial charge in [-0.1, -0.05) is 0 Å². The molecule has 0 radical (unpaired) electrons. The van der Waals surface area contributed by atoms with Gasteiger partial charge < -0.3 is 15.0 Å². The molecule has 1 N–H and O–H groups in total. The Balaban J connectivity index is 1.91. The molecule has 0 spiro atoms. The lowest BCUT2D eigenvalue weighted by Gasteiger charge is -2.19. The van der Waals surface area contributed by atoms with Crippen LogP contribution in [0.5, 0.6) is 0 Å². The Morgan fingerprint density at radius 1 is 1.36 bits per heavy atom. The lowest BCUT2D eigenvalue weighted by Crippen LogP contribution is -2.44. The first-order valence-corrected chi connectivity index (χ1v) is 7.11. The van der Waals surface area contributed by atoms with Crippen molar-refractivity contribution in [1.82, 2.24) is 10.2 Å². The summed E-state index contributed by atoms with van der Waals surface area (Å²) in [5.41, 5.74) is 0.627. The quantitative estimate of drug-likeness (QED) is 0.859. The van der Waals surface area contributed by atoms with E-state index >= 15 is 0 Å². The van der Waals surface area contributed by atoms with Gasteiger partial charge in [0.05, 0.1) is 6.61 Å². The Morgan fingerprint density at radius 3 is 2.68 bits per heavy atom. The van der Waals surface area contributed by atoms with Crippen molar-refractivity contribution in [1.29, 1.82) is 0 Å². The monoisotopic (exact) mass is 309 g/mol. The van der Waals surface area contributed by atoms with E-state index in [1.54, 1.807) is 19.2 Å². The average molecular weight is 309 g/mol. The fourth-order valence-corrected chi connectivity index (χ4v) is 2.38. The fourth-order valence-electron chi connectivity index (χ4n) is 2.38. The second-order valence-corrected chi connectivity index (χ2v) is 5.26. The van der Waals surface area contributed by atoms with Gasteiger partial charge in [-0.2, -0.15) is 0 Å². The number of rotatable bonds is 6. The highest BCUT2D eigenvalue weighted by Crippen LogP contribution is 2.20. The molecule has 0 aromatic heterocycles. The van der Waals surface area contributed by atoms with Crippen LogP contribution in [0.1, 0.15) is 6.92 Å². The molecular weight excluding hydrogens is 289 g/mol. The minimum absolute atomic E-state index is 0.00455. The predicted molar refractivity (Wildman–Crippen MR) is 80.2 cm³/mol. The maximum absolute atomic E-state index is 12.9. The largest absolute Gasteiger partial charge is 0.383 e. The van der Waals surface area contributed by atoms with Crippen molar-refractivity contribution in [2.75, 3.05) is 38.3 Å². The minimum Gasteiger partial charge on any atom is -0.383 e. The van der Waals surface area contributed by atoms with Gasteiger partial charge in [0.15, 0.2) is 0 Å². The number of hydrogen-bond donors (Lipinski definition) is 1. The third kappa shape index (κ3) is 3.94. The number of carbonyl (C=O) groups excluding carboxylic acids is 2. The zero-order chi connectivity index (χ0) is 16.1. The molecule has 3 amide bonds. The Kier molecular flexibility index (Phi) is 5.32. The van der Waals surface area contributed by atoms with E-state index in [0.29, 0.717) is 25.4 Å². The number of hydrogen-bond acceptors (Lipinski definition) is 3. The molecule has 0 saturated carbocycles. The topological polar surface area (TPSA) is 61.9 Å². The standard InChI is InChI=1S/C15H20FN3O3/c1-11(10-22-2)17-14(20)9-18-7-8-19(15(18)21)13-5-3-12(16)4-6-13/h3-6,11H,7-10H2,1-2H3,(H,17,20). The van der Waals surface area contributed by atoms with Crippen LogP contribution in [0.2, 0.25) is 0 Å². The molecule has 6 nitrogen and oxygen atoms in total. The van der Waals surface area contributed by atoms with E-state index in [0.717, 1.165) is 0 Å². The number of nitrogens with zero attached hydrogens (tertiary/aromatic N) is 2. The Morgan fingerprint density at radius 2 is 2.05 bits per heavy atom. The number of halogens is 1. The summed E-state index contributed by atoms with van der Waals surface area (Å²) < 4.78 is 17.9. The second kappa shape index (κ2) is 7.22. The van der Waals surface area contributed by atoms with E-state index in [2.05, 4.69) is 5.32 Å². The first-order chi connectivity index (χ1) is 10.5. The van der Waals surface area contributed by atoms with E-state index in [1.807, 2.05) is 6.92 Å². The molecule has 0 aliphatic carbocycles. The van der Waals surface area contributed by atoms with Gasteiger partial charge in [-0.05, 0) is 31.2 Å². The third-order valence-corrected chi connectivity index (χ3v) is 3.39. The number of amides is 3. The number of ether oxygens (including phenoxy) is 1. The van der Waals surface area contributed by atoms with Crippen LogP contribution in [-0.2, 0) is 9.53 Å². The fraction of sp³-hybridized carbons (Fsp3) is 0.467.